The molecule has 2 rings (SSSR count). The van der Waals surface area contributed by atoms with Crippen LogP contribution in [0.3, 0.4) is 0 Å². The van der Waals surface area contributed by atoms with Crippen LogP contribution in [0, 0.1) is 0 Å². The predicted octanol–water partition coefficient (Wildman–Crippen LogP) is 2.51. The first-order valence-corrected chi connectivity index (χ1v) is 8.04. The van der Waals surface area contributed by atoms with E-state index in [1.165, 1.54) is 16.9 Å². The zero-order chi connectivity index (χ0) is 14.4. The Bertz CT molecular complexity index is 582. The van der Waals surface area contributed by atoms with Crippen molar-refractivity contribution in [1.82, 2.24) is 0 Å². The van der Waals surface area contributed by atoms with Gasteiger partial charge >= 0.3 is 127 Å². The van der Waals surface area contributed by atoms with Crippen LogP contribution in [-0.2, 0) is 6.61 Å². The first kappa shape index (κ1) is 14.7. The molecule has 0 amide bonds. The molecular formula is C16H17AsO3. The summed E-state index contributed by atoms with van der Waals surface area (Å²) in [5.41, 5.74) is 1.75. The third-order valence-corrected chi connectivity index (χ3v) is 3.69. The fourth-order valence-electron chi connectivity index (χ4n) is 1.81. The van der Waals surface area contributed by atoms with E-state index in [2.05, 4.69) is 0 Å². The van der Waals surface area contributed by atoms with Gasteiger partial charge in [-0.25, -0.2) is 0 Å². The molecule has 1 atom stereocenters. The standard InChI is InChI=1S/C16H17AsO3/c1-19-16-9-13(14(18)10-17)7-8-15(16)20-11-12-5-3-2-4-6-12/h2-9H,10-11,17H2,1H3. The van der Waals surface area contributed by atoms with Crippen molar-refractivity contribution < 1.29 is 14.3 Å². The van der Waals surface area contributed by atoms with Crippen molar-refractivity contribution in [3.63, 3.8) is 0 Å². The van der Waals surface area contributed by atoms with Gasteiger partial charge in [0.1, 0.15) is 0 Å². The Morgan fingerprint density at radius 1 is 1.10 bits per heavy atom. The van der Waals surface area contributed by atoms with Gasteiger partial charge in [0, 0.05) is 0 Å². The average molecular weight is 332 g/mol. The number of ether oxygens (including phenoxy) is 2. The van der Waals surface area contributed by atoms with Crippen molar-refractivity contribution in [2.45, 2.75) is 11.8 Å². The number of hydrogen-bond donors (Lipinski definition) is 0. The first-order valence-electron chi connectivity index (χ1n) is 6.32. The Kier molecular flexibility index (Phi) is 5.25. The summed E-state index contributed by atoms with van der Waals surface area (Å²) < 4.78 is 11.0. The number of carbonyl (C=O) groups excluding carboxylic acids is 1. The molecule has 0 spiro atoms. The van der Waals surface area contributed by atoms with Gasteiger partial charge in [0.25, 0.3) is 0 Å². The monoisotopic (exact) mass is 332 g/mol. The van der Waals surface area contributed by atoms with E-state index in [0.717, 1.165) is 5.56 Å². The van der Waals surface area contributed by atoms with E-state index in [1.54, 1.807) is 25.3 Å². The van der Waals surface area contributed by atoms with Gasteiger partial charge in [-0.15, -0.1) is 0 Å². The molecule has 0 aliphatic carbocycles. The number of rotatable bonds is 6. The van der Waals surface area contributed by atoms with Crippen molar-refractivity contribution in [2.24, 2.45) is 0 Å². The van der Waals surface area contributed by atoms with Crippen molar-refractivity contribution in [1.29, 1.82) is 0 Å². The van der Waals surface area contributed by atoms with E-state index < -0.39 is 0 Å². The average Bonchev–Trinajstić information content (AvgIpc) is 2.53. The summed E-state index contributed by atoms with van der Waals surface area (Å²) in [6.45, 7) is 0.474. The van der Waals surface area contributed by atoms with Gasteiger partial charge in [-0.3, -0.25) is 0 Å². The Morgan fingerprint density at radius 3 is 2.50 bits per heavy atom. The molecule has 0 bridgehead atoms. The van der Waals surface area contributed by atoms with Gasteiger partial charge in [-0.05, 0) is 0 Å². The van der Waals surface area contributed by atoms with Gasteiger partial charge < -0.3 is 0 Å². The molecular weight excluding hydrogens is 315 g/mol. The number of carbonyl (C=O) groups is 1. The summed E-state index contributed by atoms with van der Waals surface area (Å²) in [5, 5.41) is 0.542. The summed E-state index contributed by atoms with van der Waals surface area (Å²) in [5.74, 6) is 1.36. The molecule has 0 radical (unpaired) electrons. The Labute approximate surface area is 127 Å². The molecule has 0 fully saturated rings. The molecule has 0 heterocycles. The normalized spacial score (nSPS) is 10.1. The summed E-state index contributed by atoms with van der Waals surface area (Å²) >= 11 is 1.40. The van der Waals surface area contributed by atoms with E-state index in [4.69, 9.17) is 9.47 Å². The van der Waals surface area contributed by atoms with Gasteiger partial charge in [0.05, 0.1) is 0 Å². The fourth-order valence-corrected chi connectivity index (χ4v) is 2.31. The minimum atomic E-state index is 0.123. The molecule has 3 nitrogen and oxygen atoms in total. The van der Waals surface area contributed by atoms with Crippen LogP contribution in [0.5, 0.6) is 11.5 Å². The summed E-state index contributed by atoms with van der Waals surface area (Å²) in [6.07, 6.45) is 0. The van der Waals surface area contributed by atoms with Crippen LogP contribution in [0.15, 0.2) is 48.5 Å². The Hall–Kier alpha value is -1.73. The first-order chi connectivity index (χ1) is 9.74. The van der Waals surface area contributed by atoms with E-state index in [1.807, 2.05) is 30.3 Å². The molecule has 0 aliphatic heterocycles. The number of benzene rings is 2. The second-order valence-electron chi connectivity index (χ2n) is 4.27. The second-order valence-corrected chi connectivity index (χ2v) is 5.12. The summed E-state index contributed by atoms with van der Waals surface area (Å²) in [6, 6.07) is 15.2. The Balaban J connectivity index is 2.13. The second kappa shape index (κ2) is 7.16. The molecule has 0 aromatic heterocycles. The molecule has 0 N–H and O–H groups in total. The predicted molar refractivity (Wildman–Crippen MR) is 81.4 cm³/mol. The van der Waals surface area contributed by atoms with E-state index in [-0.39, 0.29) is 5.78 Å². The summed E-state index contributed by atoms with van der Waals surface area (Å²) in [7, 11) is 1.58. The van der Waals surface area contributed by atoms with Gasteiger partial charge in [-0.1, -0.05) is 0 Å². The van der Waals surface area contributed by atoms with Crippen LogP contribution in [-0.4, -0.2) is 29.7 Å². The molecule has 2 aromatic carbocycles. The molecule has 2 aromatic rings. The van der Waals surface area contributed by atoms with Gasteiger partial charge in [-0.2, -0.15) is 0 Å². The molecule has 1 unspecified atom stereocenters. The van der Waals surface area contributed by atoms with Crippen LogP contribution >= 0.6 is 0 Å². The summed E-state index contributed by atoms with van der Waals surface area (Å²) in [4.78, 5) is 11.7. The number of hydrogen-bond acceptors (Lipinski definition) is 3. The number of ketones is 1. The molecule has 0 saturated heterocycles. The number of Topliss-reactive ketones (excluding diaryl/α,β-unsaturated/α-hetero) is 1. The molecule has 20 heavy (non-hydrogen) atoms. The molecule has 0 saturated carbocycles. The maximum atomic E-state index is 11.7. The van der Waals surface area contributed by atoms with Crippen molar-refractivity contribution in [2.75, 3.05) is 7.11 Å². The zero-order valence-corrected chi connectivity index (χ0v) is 13.8. The van der Waals surface area contributed by atoms with Crippen LogP contribution in [0.2, 0.25) is 5.21 Å². The van der Waals surface area contributed by atoms with Crippen LogP contribution in [0.25, 0.3) is 0 Å². The fraction of sp³-hybridized carbons (Fsp3) is 0.188. The van der Waals surface area contributed by atoms with Crippen LogP contribution in [0.1, 0.15) is 15.9 Å². The van der Waals surface area contributed by atoms with E-state index in [9.17, 15) is 4.79 Å². The molecule has 104 valence electrons. The third-order valence-electron chi connectivity index (χ3n) is 2.91. The quantitative estimate of drug-likeness (QED) is 0.602. The SMILES string of the molecule is COc1cc(C(=O)C[AsH2])ccc1OCc1ccccc1. The van der Waals surface area contributed by atoms with Gasteiger partial charge in [0.15, 0.2) is 0 Å². The third kappa shape index (κ3) is 3.64. The zero-order valence-electron chi connectivity index (χ0n) is 11.3. The molecule has 4 heteroatoms. The number of methoxy groups -OCH3 is 1. The topological polar surface area (TPSA) is 35.5 Å². The van der Waals surface area contributed by atoms with Crippen LogP contribution < -0.4 is 9.47 Å². The van der Waals surface area contributed by atoms with Crippen molar-refractivity contribution in [3.05, 3.63) is 59.7 Å². The van der Waals surface area contributed by atoms with E-state index >= 15 is 0 Å². The maximum absolute atomic E-state index is 11.7. The van der Waals surface area contributed by atoms with Crippen LogP contribution in [0.4, 0.5) is 0 Å². The van der Waals surface area contributed by atoms with E-state index in [0.29, 0.717) is 28.9 Å². The van der Waals surface area contributed by atoms with Crippen molar-refractivity contribution in [3.8, 4) is 11.5 Å². The van der Waals surface area contributed by atoms with Crippen molar-refractivity contribution >= 4 is 22.6 Å². The van der Waals surface area contributed by atoms with Gasteiger partial charge in [0.2, 0.25) is 0 Å². The molecule has 0 aliphatic rings. The minimum absolute atomic E-state index is 0.123. The Morgan fingerprint density at radius 2 is 1.85 bits per heavy atom.